The van der Waals surface area contributed by atoms with Crippen LogP contribution in [0.25, 0.3) is 0 Å². The average molecular weight is 360 g/mol. The van der Waals surface area contributed by atoms with Crippen LogP contribution in [0.4, 0.5) is 5.69 Å². The Morgan fingerprint density at radius 3 is 2.56 bits per heavy atom. The number of fused-ring (bicyclic) bond motifs is 2. The Kier molecular flexibility index (Phi) is 4.37. The van der Waals surface area contributed by atoms with Crippen LogP contribution in [0.3, 0.4) is 0 Å². The first-order valence-electron chi connectivity index (χ1n) is 8.28. The van der Waals surface area contributed by atoms with E-state index in [1.54, 1.807) is 29.2 Å². The first-order chi connectivity index (χ1) is 12.2. The fourth-order valence-corrected chi connectivity index (χ4v) is 3.33. The highest BCUT2D eigenvalue weighted by Gasteiger charge is 2.54. The number of amides is 1. The molecule has 0 N–H and O–H groups in total. The first-order valence-corrected chi connectivity index (χ1v) is 8.66. The summed E-state index contributed by atoms with van der Waals surface area (Å²) < 4.78 is 17.3. The lowest BCUT2D eigenvalue weighted by Crippen LogP contribution is -2.48. The molecule has 5 nitrogen and oxygen atoms in total. The molecule has 1 spiro atoms. The highest BCUT2D eigenvalue weighted by atomic mass is 35.5. The largest absolute Gasteiger partial charge is 0.492 e. The van der Waals surface area contributed by atoms with Crippen molar-refractivity contribution in [2.75, 3.05) is 31.3 Å². The van der Waals surface area contributed by atoms with Crippen molar-refractivity contribution in [3.05, 3.63) is 59.1 Å². The van der Waals surface area contributed by atoms with Gasteiger partial charge < -0.3 is 19.1 Å². The van der Waals surface area contributed by atoms with Gasteiger partial charge in [-0.2, -0.15) is 0 Å². The first kappa shape index (κ1) is 16.4. The van der Waals surface area contributed by atoms with E-state index in [1.807, 2.05) is 24.3 Å². The van der Waals surface area contributed by atoms with Crippen LogP contribution in [0.1, 0.15) is 12.0 Å². The van der Waals surface area contributed by atoms with Gasteiger partial charge in [0, 0.05) is 10.6 Å². The highest BCUT2D eigenvalue weighted by Crippen LogP contribution is 2.44. The quantitative estimate of drug-likeness (QED) is 0.840. The molecule has 0 radical (unpaired) electrons. The van der Waals surface area contributed by atoms with E-state index in [1.165, 1.54) is 0 Å². The zero-order valence-electron chi connectivity index (χ0n) is 13.6. The summed E-state index contributed by atoms with van der Waals surface area (Å²) >= 11 is 5.87. The van der Waals surface area contributed by atoms with Crippen LogP contribution in [0, 0.1) is 0 Å². The summed E-state index contributed by atoms with van der Waals surface area (Å²) in [6.45, 7) is 1.79. The molecule has 2 aliphatic rings. The van der Waals surface area contributed by atoms with Gasteiger partial charge in [0.25, 0.3) is 11.7 Å². The molecule has 2 aliphatic heterocycles. The number of rotatable bonds is 4. The van der Waals surface area contributed by atoms with Gasteiger partial charge in [-0.05, 0) is 36.8 Å². The summed E-state index contributed by atoms with van der Waals surface area (Å²) in [5.74, 6) is -0.771. The Labute approximate surface area is 151 Å². The van der Waals surface area contributed by atoms with Crippen molar-refractivity contribution in [1.82, 2.24) is 0 Å². The van der Waals surface area contributed by atoms with Gasteiger partial charge >= 0.3 is 0 Å². The normalized spacial score (nSPS) is 18.4. The highest BCUT2D eigenvalue weighted by molar-refractivity contribution is 6.30. The summed E-state index contributed by atoms with van der Waals surface area (Å²) in [6, 6.07) is 14.7. The number of carbonyl (C=O) groups is 1. The second-order valence-corrected chi connectivity index (χ2v) is 6.38. The van der Waals surface area contributed by atoms with Crippen molar-refractivity contribution < 1.29 is 19.0 Å². The molecule has 2 aromatic rings. The number of hydrogen-bond donors (Lipinski definition) is 0. The SMILES string of the molecule is O=C1N(CCOc2ccc(Cl)cc2)c2ccccc2C12OCCCO2. The van der Waals surface area contributed by atoms with E-state index in [0.717, 1.165) is 17.7 Å². The number of ether oxygens (including phenoxy) is 3. The minimum Gasteiger partial charge on any atom is -0.492 e. The maximum Gasteiger partial charge on any atom is 0.292 e. The van der Waals surface area contributed by atoms with Gasteiger partial charge in [0.15, 0.2) is 0 Å². The molecule has 1 fully saturated rings. The van der Waals surface area contributed by atoms with Crippen molar-refractivity contribution in [1.29, 1.82) is 0 Å². The fraction of sp³-hybridized carbons (Fsp3) is 0.316. The van der Waals surface area contributed by atoms with E-state index in [0.29, 0.717) is 37.1 Å². The van der Waals surface area contributed by atoms with Crippen molar-refractivity contribution >= 4 is 23.2 Å². The second-order valence-electron chi connectivity index (χ2n) is 5.94. The molecule has 0 unspecified atom stereocenters. The zero-order valence-corrected chi connectivity index (χ0v) is 14.4. The molecular weight excluding hydrogens is 342 g/mol. The van der Waals surface area contributed by atoms with Gasteiger partial charge in [-0.25, -0.2) is 0 Å². The molecule has 130 valence electrons. The van der Waals surface area contributed by atoms with E-state index in [-0.39, 0.29) is 5.91 Å². The molecule has 0 aliphatic carbocycles. The van der Waals surface area contributed by atoms with Crippen LogP contribution < -0.4 is 9.64 Å². The lowest BCUT2D eigenvalue weighted by molar-refractivity contribution is -0.256. The van der Waals surface area contributed by atoms with Gasteiger partial charge in [0.05, 0.1) is 25.4 Å². The van der Waals surface area contributed by atoms with Crippen LogP contribution in [-0.4, -0.2) is 32.3 Å². The zero-order chi connectivity index (χ0) is 17.3. The molecule has 1 amide bonds. The molecule has 0 saturated carbocycles. The van der Waals surface area contributed by atoms with E-state index < -0.39 is 5.79 Å². The number of para-hydroxylation sites is 1. The topological polar surface area (TPSA) is 48.0 Å². The summed E-state index contributed by atoms with van der Waals surface area (Å²) in [4.78, 5) is 14.7. The minimum atomic E-state index is -1.30. The van der Waals surface area contributed by atoms with Crippen LogP contribution in [0.15, 0.2) is 48.5 Å². The van der Waals surface area contributed by atoms with Gasteiger partial charge in [-0.15, -0.1) is 0 Å². The Balaban J connectivity index is 1.51. The third-order valence-corrected chi connectivity index (χ3v) is 4.62. The number of nitrogens with zero attached hydrogens (tertiary/aromatic N) is 1. The molecule has 0 aromatic heterocycles. The molecule has 6 heteroatoms. The molecule has 25 heavy (non-hydrogen) atoms. The molecule has 2 aromatic carbocycles. The number of halogens is 1. The lowest BCUT2D eigenvalue weighted by Gasteiger charge is -2.32. The molecule has 4 rings (SSSR count). The average Bonchev–Trinajstić information content (AvgIpc) is 2.87. The van der Waals surface area contributed by atoms with Gasteiger partial charge in [-0.3, -0.25) is 4.79 Å². The van der Waals surface area contributed by atoms with E-state index in [4.69, 9.17) is 25.8 Å². The number of benzene rings is 2. The minimum absolute atomic E-state index is 0.187. The standard InChI is InChI=1S/C19H18ClNO4/c20-14-6-8-15(9-7-14)23-13-10-21-17-5-2-1-4-16(17)19(18(21)22)24-11-3-12-25-19/h1-2,4-9H,3,10-13H2. The third kappa shape index (κ3) is 2.88. The smallest absolute Gasteiger partial charge is 0.292 e. The third-order valence-electron chi connectivity index (χ3n) is 4.37. The second kappa shape index (κ2) is 6.67. The van der Waals surface area contributed by atoms with Gasteiger partial charge in [-0.1, -0.05) is 29.8 Å². The summed E-state index contributed by atoms with van der Waals surface area (Å²) in [6.07, 6.45) is 0.789. The number of anilines is 1. The predicted octanol–water partition coefficient (Wildman–Crippen LogP) is 3.36. The summed E-state index contributed by atoms with van der Waals surface area (Å²) in [5, 5.41) is 0.657. The van der Waals surface area contributed by atoms with Crippen molar-refractivity contribution in [3.8, 4) is 5.75 Å². The maximum atomic E-state index is 13.0. The molecule has 0 atom stereocenters. The Morgan fingerprint density at radius 2 is 1.80 bits per heavy atom. The fourth-order valence-electron chi connectivity index (χ4n) is 3.21. The molecule has 1 saturated heterocycles. The number of carbonyl (C=O) groups excluding carboxylic acids is 1. The maximum absolute atomic E-state index is 13.0. The molecule has 2 heterocycles. The van der Waals surface area contributed by atoms with Crippen LogP contribution >= 0.6 is 11.6 Å². The molecular formula is C19H18ClNO4. The monoisotopic (exact) mass is 359 g/mol. The Hall–Kier alpha value is -2.08. The number of hydrogen-bond acceptors (Lipinski definition) is 4. The van der Waals surface area contributed by atoms with Gasteiger partial charge in [0.2, 0.25) is 0 Å². The summed E-state index contributed by atoms with van der Waals surface area (Å²) in [7, 11) is 0. The van der Waals surface area contributed by atoms with E-state index >= 15 is 0 Å². The molecule has 0 bridgehead atoms. The van der Waals surface area contributed by atoms with Crippen molar-refractivity contribution in [2.45, 2.75) is 12.2 Å². The van der Waals surface area contributed by atoms with Crippen LogP contribution in [0.2, 0.25) is 5.02 Å². The predicted molar refractivity (Wildman–Crippen MR) is 93.9 cm³/mol. The van der Waals surface area contributed by atoms with E-state index in [2.05, 4.69) is 0 Å². The van der Waals surface area contributed by atoms with Crippen LogP contribution in [0.5, 0.6) is 5.75 Å². The Bertz CT molecular complexity index is 771. The van der Waals surface area contributed by atoms with Gasteiger partial charge in [0.1, 0.15) is 12.4 Å². The summed E-state index contributed by atoms with van der Waals surface area (Å²) in [5.41, 5.74) is 1.58. The van der Waals surface area contributed by atoms with Crippen molar-refractivity contribution in [2.24, 2.45) is 0 Å². The Morgan fingerprint density at radius 1 is 1.08 bits per heavy atom. The lowest BCUT2D eigenvalue weighted by atomic mass is 10.1. The van der Waals surface area contributed by atoms with Crippen molar-refractivity contribution in [3.63, 3.8) is 0 Å². The van der Waals surface area contributed by atoms with Crippen LogP contribution in [-0.2, 0) is 20.1 Å². The van der Waals surface area contributed by atoms with E-state index in [9.17, 15) is 4.79 Å².